The van der Waals surface area contributed by atoms with Gasteiger partial charge in [-0.3, -0.25) is 4.79 Å². The minimum absolute atomic E-state index is 0.146. The van der Waals surface area contributed by atoms with Crippen LogP contribution in [-0.2, 0) is 9.47 Å². The number of ether oxygens (including phenoxy) is 2. The van der Waals surface area contributed by atoms with E-state index in [2.05, 4.69) is 0 Å². The summed E-state index contributed by atoms with van der Waals surface area (Å²) < 4.78 is 23.4. The van der Waals surface area contributed by atoms with Gasteiger partial charge in [0, 0.05) is 32.0 Å². The van der Waals surface area contributed by atoms with E-state index in [4.69, 9.17) is 15.2 Å². The largest absolute Gasteiger partial charge is 0.399 e. The number of methoxy groups -OCH3 is 2. The predicted octanol–water partition coefficient (Wildman–Crippen LogP) is 1.53. The van der Waals surface area contributed by atoms with E-state index >= 15 is 0 Å². The summed E-state index contributed by atoms with van der Waals surface area (Å²) in [4.78, 5) is 14.0. The van der Waals surface area contributed by atoms with Crippen LogP contribution >= 0.6 is 0 Å². The van der Waals surface area contributed by atoms with Crippen LogP contribution < -0.4 is 5.73 Å². The molecule has 0 aliphatic rings. The van der Waals surface area contributed by atoms with Crippen molar-refractivity contribution in [3.8, 4) is 0 Å². The summed E-state index contributed by atoms with van der Waals surface area (Å²) in [5, 5.41) is 0. The van der Waals surface area contributed by atoms with E-state index in [1.165, 1.54) is 18.2 Å². The summed E-state index contributed by atoms with van der Waals surface area (Å²) in [7, 11) is 3.12. The third-order valence-electron chi connectivity index (χ3n) is 2.90. The van der Waals surface area contributed by atoms with Crippen molar-refractivity contribution in [2.75, 3.05) is 39.7 Å². The molecule has 1 unspecified atom stereocenters. The van der Waals surface area contributed by atoms with Crippen molar-refractivity contribution < 1.29 is 18.7 Å². The maximum absolute atomic E-state index is 13.4. The number of benzene rings is 1. The minimum Gasteiger partial charge on any atom is -0.399 e. The summed E-state index contributed by atoms with van der Waals surface area (Å²) in [5.41, 5.74) is 6.02. The minimum atomic E-state index is -0.528. The number of nitrogens with two attached hydrogens (primary N) is 1. The average Bonchev–Trinajstić information content (AvgIpc) is 2.38. The molecular weight excluding hydrogens is 263 g/mol. The smallest absolute Gasteiger partial charge is 0.254 e. The van der Waals surface area contributed by atoms with Crippen molar-refractivity contribution >= 4 is 11.6 Å². The third-order valence-corrected chi connectivity index (χ3v) is 2.90. The molecule has 1 aromatic carbocycles. The molecule has 0 heterocycles. The molecule has 1 rings (SSSR count). The lowest BCUT2D eigenvalue weighted by molar-refractivity contribution is 0.0479. The fourth-order valence-electron chi connectivity index (χ4n) is 1.94. The van der Waals surface area contributed by atoms with Gasteiger partial charge in [0.2, 0.25) is 0 Å². The number of carbonyl (C=O) groups is 1. The van der Waals surface area contributed by atoms with Crippen molar-refractivity contribution in [2.45, 2.75) is 13.0 Å². The predicted molar refractivity (Wildman–Crippen MR) is 75.1 cm³/mol. The highest BCUT2D eigenvalue weighted by Gasteiger charge is 2.22. The van der Waals surface area contributed by atoms with Crippen molar-refractivity contribution in [1.29, 1.82) is 0 Å². The van der Waals surface area contributed by atoms with Crippen LogP contribution in [0.4, 0.5) is 10.1 Å². The average molecular weight is 284 g/mol. The summed E-state index contributed by atoms with van der Waals surface area (Å²) in [5.74, 6) is -0.822. The van der Waals surface area contributed by atoms with Crippen LogP contribution in [0.1, 0.15) is 17.3 Å². The Bertz CT molecular complexity index is 434. The van der Waals surface area contributed by atoms with Crippen LogP contribution in [0.2, 0.25) is 0 Å². The maximum atomic E-state index is 13.4. The highest BCUT2D eigenvalue weighted by Crippen LogP contribution is 2.15. The molecule has 20 heavy (non-hydrogen) atoms. The Morgan fingerprint density at radius 3 is 2.60 bits per heavy atom. The van der Waals surface area contributed by atoms with Gasteiger partial charge >= 0.3 is 0 Å². The zero-order valence-corrected chi connectivity index (χ0v) is 12.1. The Balaban J connectivity index is 2.96. The van der Waals surface area contributed by atoms with E-state index in [1.54, 1.807) is 19.1 Å². The molecule has 1 amide bonds. The quantitative estimate of drug-likeness (QED) is 0.771. The van der Waals surface area contributed by atoms with Gasteiger partial charge in [-0.1, -0.05) is 0 Å². The first-order valence-corrected chi connectivity index (χ1v) is 6.34. The molecule has 1 atom stereocenters. The van der Waals surface area contributed by atoms with Gasteiger partial charge in [0.25, 0.3) is 5.91 Å². The molecular formula is C14H21FN2O3. The number of nitrogens with zero attached hydrogens (tertiary/aromatic N) is 1. The van der Waals surface area contributed by atoms with Gasteiger partial charge < -0.3 is 20.1 Å². The zero-order chi connectivity index (χ0) is 15.1. The molecule has 0 fully saturated rings. The highest BCUT2D eigenvalue weighted by molar-refractivity contribution is 5.95. The molecule has 1 aromatic rings. The van der Waals surface area contributed by atoms with Crippen LogP contribution in [0, 0.1) is 5.82 Å². The zero-order valence-electron chi connectivity index (χ0n) is 12.1. The highest BCUT2D eigenvalue weighted by atomic mass is 19.1. The van der Waals surface area contributed by atoms with Gasteiger partial charge in [-0.05, 0) is 25.1 Å². The van der Waals surface area contributed by atoms with Gasteiger partial charge in [0.05, 0.1) is 19.3 Å². The molecule has 0 saturated heterocycles. The third kappa shape index (κ3) is 4.47. The summed E-state index contributed by atoms with van der Waals surface area (Å²) in [6.07, 6.45) is 0. The second-order valence-corrected chi connectivity index (χ2v) is 4.57. The monoisotopic (exact) mass is 284 g/mol. The van der Waals surface area contributed by atoms with Gasteiger partial charge in [-0.15, -0.1) is 0 Å². The van der Waals surface area contributed by atoms with Crippen molar-refractivity contribution in [1.82, 2.24) is 4.90 Å². The van der Waals surface area contributed by atoms with Gasteiger partial charge in [-0.25, -0.2) is 4.39 Å². The summed E-state index contributed by atoms with van der Waals surface area (Å²) in [6, 6.07) is 3.67. The number of amides is 1. The molecule has 0 aliphatic carbocycles. The van der Waals surface area contributed by atoms with Crippen molar-refractivity contribution in [2.24, 2.45) is 0 Å². The van der Waals surface area contributed by atoms with Crippen molar-refractivity contribution in [3.63, 3.8) is 0 Å². The number of nitrogen functional groups attached to an aromatic ring is 1. The Morgan fingerprint density at radius 2 is 2.05 bits per heavy atom. The van der Waals surface area contributed by atoms with E-state index in [0.29, 0.717) is 19.8 Å². The second-order valence-electron chi connectivity index (χ2n) is 4.57. The lowest BCUT2D eigenvalue weighted by Crippen LogP contribution is -2.43. The Kier molecular flexibility index (Phi) is 6.41. The first-order valence-electron chi connectivity index (χ1n) is 6.34. The molecule has 0 radical (unpaired) electrons. The number of rotatable bonds is 7. The molecule has 0 bridgehead atoms. The number of hydrogen-bond donors (Lipinski definition) is 1. The van der Waals surface area contributed by atoms with Crippen LogP contribution in [0.15, 0.2) is 18.2 Å². The number of hydrogen-bond acceptors (Lipinski definition) is 4. The normalized spacial score (nSPS) is 12.2. The molecule has 6 heteroatoms. The standard InChI is InChI=1S/C14H21FN2O3/c1-10(9-20-3)17(4-5-19-2)14(18)11-6-12(15)8-13(16)7-11/h6-8,10H,4-5,9,16H2,1-3H3. The molecule has 0 spiro atoms. The van der Waals surface area contributed by atoms with Crippen LogP contribution in [0.3, 0.4) is 0 Å². The first kappa shape index (κ1) is 16.4. The van der Waals surface area contributed by atoms with Crippen molar-refractivity contribution in [3.05, 3.63) is 29.6 Å². The number of halogens is 1. The van der Waals surface area contributed by atoms with E-state index in [-0.39, 0.29) is 23.2 Å². The summed E-state index contributed by atoms with van der Waals surface area (Å²) in [6.45, 7) is 3.04. The van der Waals surface area contributed by atoms with Gasteiger partial charge in [-0.2, -0.15) is 0 Å². The SMILES string of the molecule is COCCN(C(=O)c1cc(N)cc(F)c1)C(C)COC. The van der Waals surface area contributed by atoms with E-state index in [0.717, 1.165) is 0 Å². The molecule has 5 nitrogen and oxygen atoms in total. The molecule has 112 valence electrons. The maximum Gasteiger partial charge on any atom is 0.254 e. The Morgan fingerprint density at radius 1 is 1.35 bits per heavy atom. The lowest BCUT2D eigenvalue weighted by Gasteiger charge is -2.28. The topological polar surface area (TPSA) is 64.8 Å². The van der Waals surface area contributed by atoms with Crippen LogP contribution in [-0.4, -0.2) is 50.8 Å². The van der Waals surface area contributed by atoms with E-state index in [9.17, 15) is 9.18 Å². The van der Waals surface area contributed by atoms with Gasteiger partial charge in [0.15, 0.2) is 0 Å². The summed E-state index contributed by atoms with van der Waals surface area (Å²) >= 11 is 0. The van der Waals surface area contributed by atoms with Crippen LogP contribution in [0.5, 0.6) is 0 Å². The van der Waals surface area contributed by atoms with Gasteiger partial charge in [0.1, 0.15) is 5.82 Å². The number of carbonyl (C=O) groups excluding carboxylic acids is 1. The lowest BCUT2D eigenvalue weighted by atomic mass is 10.1. The fraction of sp³-hybridized carbons (Fsp3) is 0.500. The van der Waals surface area contributed by atoms with E-state index < -0.39 is 5.82 Å². The number of anilines is 1. The second kappa shape index (κ2) is 7.81. The van der Waals surface area contributed by atoms with E-state index in [1.807, 2.05) is 6.92 Å². The molecule has 0 aliphatic heterocycles. The molecule has 2 N–H and O–H groups in total. The molecule has 0 saturated carbocycles. The fourth-order valence-corrected chi connectivity index (χ4v) is 1.94. The van der Waals surface area contributed by atoms with Crippen LogP contribution in [0.25, 0.3) is 0 Å². The molecule has 0 aromatic heterocycles. The Labute approximate surface area is 118 Å². The first-order chi connectivity index (χ1) is 9.49. The Hall–Kier alpha value is -1.66.